The quantitative estimate of drug-likeness (QED) is 0.230. The molecule has 2 saturated heterocycles. The van der Waals surface area contributed by atoms with E-state index in [0.29, 0.717) is 22.7 Å². The smallest absolute Gasteiger partial charge is 0.341 e. The highest BCUT2D eigenvalue weighted by atomic mass is 19.1. The molecule has 2 atom stereocenters. The van der Waals surface area contributed by atoms with Crippen molar-refractivity contribution in [2.24, 2.45) is 0 Å². The third kappa shape index (κ3) is 6.89. The van der Waals surface area contributed by atoms with Gasteiger partial charge in [-0.25, -0.2) is 32.6 Å². The number of aromatic nitrogens is 8. The van der Waals surface area contributed by atoms with Crippen molar-refractivity contribution >= 4 is 34.8 Å². The maximum absolute atomic E-state index is 13.6. The zero-order chi connectivity index (χ0) is 35.6. The van der Waals surface area contributed by atoms with Gasteiger partial charge in [0.2, 0.25) is 0 Å². The van der Waals surface area contributed by atoms with E-state index in [2.05, 4.69) is 40.3 Å². The Kier molecular flexibility index (Phi) is 9.21. The maximum atomic E-state index is 13.6. The number of hydrogen-bond acceptors (Lipinski definition) is 10. The minimum Gasteiger partial charge on any atom is -0.477 e. The predicted octanol–water partition coefficient (Wildman–Crippen LogP) is 5.05. The Hall–Kier alpha value is -6.06. The number of nitrogens with one attached hydrogen (secondary N) is 1. The molecule has 2 fully saturated rings. The number of carboxylic acid groups (broad SMARTS) is 1. The van der Waals surface area contributed by atoms with Gasteiger partial charge in [-0.15, -0.1) is 0 Å². The van der Waals surface area contributed by atoms with Crippen molar-refractivity contribution in [3.8, 4) is 0 Å². The summed E-state index contributed by atoms with van der Waals surface area (Å²) in [5.41, 5.74) is 2.92. The van der Waals surface area contributed by atoms with Gasteiger partial charge >= 0.3 is 5.97 Å². The van der Waals surface area contributed by atoms with Crippen LogP contribution in [0.25, 0.3) is 11.3 Å². The van der Waals surface area contributed by atoms with E-state index in [9.17, 15) is 23.5 Å². The molecule has 2 N–H and O–H groups in total. The van der Waals surface area contributed by atoms with Crippen LogP contribution in [0.3, 0.4) is 0 Å². The van der Waals surface area contributed by atoms with Gasteiger partial charge in [-0.3, -0.25) is 14.8 Å². The minimum absolute atomic E-state index is 0.0130. The first-order valence-electron chi connectivity index (χ1n) is 16.6. The maximum Gasteiger partial charge on any atom is 0.341 e. The number of fused-ring (bicyclic) bond motifs is 2. The fraction of sp³-hybridized carbons (Fsp3) is 0.314. The van der Waals surface area contributed by atoms with Gasteiger partial charge in [0.1, 0.15) is 34.4 Å². The van der Waals surface area contributed by atoms with Gasteiger partial charge in [0.25, 0.3) is 5.91 Å². The molecule has 0 radical (unpaired) electrons. The summed E-state index contributed by atoms with van der Waals surface area (Å²) in [6.07, 6.45) is 15.7. The van der Waals surface area contributed by atoms with Crippen molar-refractivity contribution in [1.29, 1.82) is 0 Å². The van der Waals surface area contributed by atoms with E-state index in [-0.39, 0.29) is 41.2 Å². The van der Waals surface area contributed by atoms with Crippen molar-refractivity contribution in [3.63, 3.8) is 0 Å². The molecule has 14 nitrogen and oxygen atoms in total. The number of carbonyl (C=O) groups is 2. The molecule has 16 heteroatoms. The molecule has 0 aromatic carbocycles. The Morgan fingerprint density at radius 3 is 1.73 bits per heavy atom. The third-order valence-corrected chi connectivity index (χ3v) is 8.92. The molecule has 0 saturated carbocycles. The lowest BCUT2D eigenvalue weighted by atomic mass is 10.1. The molecule has 0 aliphatic carbocycles. The molecule has 6 aromatic heterocycles. The van der Waals surface area contributed by atoms with Gasteiger partial charge in [0.15, 0.2) is 11.3 Å². The van der Waals surface area contributed by atoms with E-state index >= 15 is 0 Å². The highest BCUT2D eigenvalue weighted by Gasteiger charge is 2.30. The fourth-order valence-electron chi connectivity index (χ4n) is 6.69. The van der Waals surface area contributed by atoms with Crippen molar-refractivity contribution in [1.82, 2.24) is 44.5 Å². The predicted molar refractivity (Wildman–Crippen MR) is 183 cm³/mol. The molecule has 8 heterocycles. The van der Waals surface area contributed by atoms with E-state index in [1.165, 1.54) is 41.4 Å². The lowest BCUT2D eigenvalue weighted by Crippen LogP contribution is -2.30. The van der Waals surface area contributed by atoms with Gasteiger partial charge in [-0.2, -0.15) is 10.2 Å². The van der Waals surface area contributed by atoms with Crippen LogP contribution in [0.4, 0.5) is 20.4 Å². The van der Waals surface area contributed by atoms with Crippen LogP contribution in [0.5, 0.6) is 0 Å². The Morgan fingerprint density at radius 2 is 1.25 bits per heavy atom. The fourth-order valence-corrected chi connectivity index (χ4v) is 6.69. The Labute approximate surface area is 290 Å². The average Bonchev–Trinajstić information content (AvgIpc) is 3.93. The molecule has 262 valence electrons. The first-order valence-corrected chi connectivity index (χ1v) is 16.6. The Balaban J connectivity index is 0.000000160. The van der Waals surface area contributed by atoms with Gasteiger partial charge in [-0.05, 0) is 74.9 Å². The molecule has 0 bridgehead atoms. The van der Waals surface area contributed by atoms with Crippen LogP contribution in [0, 0.1) is 11.6 Å². The minimum atomic E-state index is -1.07. The molecule has 1 amide bonds. The van der Waals surface area contributed by atoms with Crippen LogP contribution < -0.4 is 15.1 Å². The number of aromatic carboxylic acids is 1. The van der Waals surface area contributed by atoms with Crippen LogP contribution in [0.1, 0.15) is 83.5 Å². The number of pyridine rings is 2. The van der Waals surface area contributed by atoms with Gasteiger partial charge in [0, 0.05) is 43.9 Å². The lowest BCUT2D eigenvalue weighted by molar-refractivity contribution is 0.0698. The van der Waals surface area contributed by atoms with Gasteiger partial charge in [-0.1, -0.05) is 0 Å². The highest BCUT2D eigenvalue weighted by molar-refractivity contribution is 6.00. The lowest BCUT2D eigenvalue weighted by Gasteiger charge is -2.26. The van der Waals surface area contributed by atoms with Crippen molar-refractivity contribution in [3.05, 3.63) is 108 Å². The summed E-state index contributed by atoms with van der Waals surface area (Å²) in [7, 11) is 0. The molecular weight excluding hydrogens is 660 g/mol. The number of rotatable bonds is 7. The van der Waals surface area contributed by atoms with Gasteiger partial charge < -0.3 is 20.2 Å². The first kappa shape index (κ1) is 33.4. The second-order valence-corrected chi connectivity index (χ2v) is 12.7. The summed E-state index contributed by atoms with van der Waals surface area (Å²) in [6, 6.07) is 6.67. The number of hydrogen-bond donors (Lipinski definition) is 2. The zero-order valence-electron chi connectivity index (χ0n) is 27.9. The summed E-state index contributed by atoms with van der Waals surface area (Å²) < 4.78 is 30.1. The molecule has 0 spiro atoms. The highest BCUT2D eigenvalue weighted by Crippen LogP contribution is 2.36. The monoisotopic (exact) mass is 695 g/mol. The number of amides is 1. The number of halogens is 2. The van der Waals surface area contributed by atoms with Crippen molar-refractivity contribution < 1.29 is 23.5 Å². The van der Waals surface area contributed by atoms with Gasteiger partial charge in [0.05, 0.1) is 36.9 Å². The average molecular weight is 696 g/mol. The SMILES string of the molecule is CC(C)NC(=O)c1cnn2ccc(N3CCC[C@@H]3c3cncc(F)c3)nc12.O=C(O)c1cnn2ccc(N3CCC[C@@H]3c3cncc(F)c3)nc12. The van der Waals surface area contributed by atoms with E-state index in [1.807, 2.05) is 19.9 Å². The number of carbonyl (C=O) groups excluding carboxylic acids is 1. The van der Waals surface area contributed by atoms with E-state index in [0.717, 1.165) is 55.7 Å². The molecule has 2 aliphatic heterocycles. The molecule has 0 unspecified atom stereocenters. The van der Waals surface area contributed by atoms with Crippen molar-refractivity contribution in [2.75, 3.05) is 22.9 Å². The molecule has 2 aliphatic rings. The van der Waals surface area contributed by atoms with Crippen LogP contribution in [-0.2, 0) is 0 Å². The summed E-state index contributed by atoms with van der Waals surface area (Å²) >= 11 is 0. The standard InChI is InChI=1S/C19H21FN6O.C16H14FN5O2/c1-12(2)23-19(27)15-11-22-26-7-5-17(24-18(15)26)25-6-3-4-16(25)13-8-14(20)10-21-9-13;17-11-6-10(7-18-8-11)13-2-1-4-21(13)14-3-5-22-15(20-14)12(9-19-22)16(23)24/h5,7-12,16H,3-4,6H2,1-2H3,(H,23,27);3,5-9,13H,1-2,4H2,(H,23,24)/t16-;13-/m11/s1. The van der Waals surface area contributed by atoms with Crippen LogP contribution >= 0.6 is 0 Å². The zero-order valence-corrected chi connectivity index (χ0v) is 27.9. The summed E-state index contributed by atoms with van der Waals surface area (Å²) in [6.45, 7) is 5.39. The molecular formula is C35H35F2N11O3. The molecule has 6 aromatic rings. The third-order valence-electron chi connectivity index (χ3n) is 8.92. The van der Waals surface area contributed by atoms with E-state index < -0.39 is 5.97 Å². The Morgan fingerprint density at radius 1 is 0.765 bits per heavy atom. The second-order valence-electron chi connectivity index (χ2n) is 12.7. The second kappa shape index (κ2) is 14.0. The van der Waals surface area contributed by atoms with Crippen LogP contribution in [0.15, 0.2) is 73.8 Å². The number of carboxylic acids is 1. The van der Waals surface area contributed by atoms with Crippen LogP contribution in [-0.4, -0.2) is 75.3 Å². The first-order chi connectivity index (χ1) is 24.7. The van der Waals surface area contributed by atoms with Crippen LogP contribution in [0.2, 0.25) is 0 Å². The number of nitrogens with zero attached hydrogens (tertiary/aromatic N) is 10. The Bertz CT molecular complexity index is 2220. The topological polar surface area (TPSA) is 159 Å². The summed E-state index contributed by atoms with van der Waals surface area (Å²) in [5.74, 6) is -0.581. The van der Waals surface area contributed by atoms with Crippen molar-refractivity contribution in [2.45, 2.75) is 57.7 Å². The van der Waals surface area contributed by atoms with E-state index in [1.54, 1.807) is 35.4 Å². The number of anilines is 2. The summed E-state index contributed by atoms with van der Waals surface area (Å²) in [4.78, 5) is 44.9. The normalized spacial score (nSPS) is 17.3. The molecule has 8 rings (SSSR count). The van der Waals surface area contributed by atoms with E-state index in [4.69, 9.17) is 4.98 Å². The summed E-state index contributed by atoms with van der Waals surface area (Å²) in [5, 5.41) is 20.3. The molecule has 51 heavy (non-hydrogen) atoms. The largest absolute Gasteiger partial charge is 0.477 e.